The number of aliphatic hydroxyl groups is 1. The molecule has 0 aromatic heterocycles. The SMILES string of the molecule is CCNC(=NCC1(O)CCCCC1)N1CCCC(C(=O)OCC)C1.I. The number of carbonyl (C=O) groups excluding carboxylic acids is 1. The topological polar surface area (TPSA) is 74.2 Å². The first kappa shape index (κ1) is 22.5. The number of carbonyl (C=O) groups is 1. The Bertz CT molecular complexity index is 439. The maximum Gasteiger partial charge on any atom is 0.310 e. The second-order valence-electron chi connectivity index (χ2n) is 6.99. The summed E-state index contributed by atoms with van der Waals surface area (Å²) >= 11 is 0. The summed E-state index contributed by atoms with van der Waals surface area (Å²) in [6.07, 6.45) is 6.87. The molecule has 7 heteroatoms. The van der Waals surface area contributed by atoms with Gasteiger partial charge in [-0.2, -0.15) is 0 Å². The summed E-state index contributed by atoms with van der Waals surface area (Å²) in [5.74, 6) is 0.620. The molecule has 0 radical (unpaired) electrons. The average Bonchev–Trinajstić information content (AvgIpc) is 2.59. The molecule has 0 spiro atoms. The first-order valence-electron chi connectivity index (χ1n) is 9.50. The van der Waals surface area contributed by atoms with Crippen molar-refractivity contribution in [3.05, 3.63) is 0 Å². The van der Waals surface area contributed by atoms with E-state index in [4.69, 9.17) is 9.73 Å². The van der Waals surface area contributed by atoms with Crippen LogP contribution in [-0.4, -0.2) is 60.3 Å². The number of nitrogens with zero attached hydrogens (tertiary/aromatic N) is 2. The van der Waals surface area contributed by atoms with Crippen molar-refractivity contribution in [1.82, 2.24) is 10.2 Å². The van der Waals surface area contributed by atoms with Gasteiger partial charge in [0.25, 0.3) is 0 Å². The predicted molar refractivity (Wildman–Crippen MR) is 110 cm³/mol. The molecule has 1 atom stereocenters. The van der Waals surface area contributed by atoms with Gasteiger partial charge < -0.3 is 20.1 Å². The number of guanidine groups is 1. The van der Waals surface area contributed by atoms with Crippen LogP contribution >= 0.6 is 24.0 Å². The molecule has 146 valence electrons. The lowest BCUT2D eigenvalue weighted by molar-refractivity contribution is -0.149. The zero-order valence-electron chi connectivity index (χ0n) is 15.6. The number of hydrogen-bond donors (Lipinski definition) is 2. The number of nitrogens with one attached hydrogen (secondary N) is 1. The van der Waals surface area contributed by atoms with E-state index in [1.165, 1.54) is 6.42 Å². The number of rotatable bonds is 5. The lowest BCUT2D eigenvalue weighted by Gasteiger charge is -2.35. The molecular weight excluding hydrogens is 433 g/mol. The highest BCUT2D eigenvalue weighted by Crippen LogP contribution is 2.28. The quantitative estimate of drug-likeness (QED) is 0.282. The molecule has 2 aliphatic rings. The first-order chi connectivity index (χ1) is 11.6. The van der Waals surface area contributed by atoms with Gasteiger partial charge in [-0.3, -0.25) is 9.79 Å². The average molecular weight is 467 g/mol. The van der Waals surface area contributed by atoms with Crippen LogP contribution in [0.4, 0.5) is 0 Å². The fourth-order valence-electron chi connectivity index (χ4n) is 3.64. The van der Waals surface area contributed by atoms with Crippen LogP contribution in [-0.2, 0) is 9.53 Å². The fourth-order valence-corrected chi connectivity index (χ4v) is 3.64. The minimum atomic E-state index is -0.657. The van der Waals surface area contributed by atoms with Crippen LogP contribution in [0.2, 0.25) is 0 Å². The largest absolute Gasteiger partial charge is 0.466 e. The highest BCUT2D eigenvalue weighted by molar-refractivity contribution is 14.0. The van der Waals surface area contributed by atoms with Gasteiger partial charge in [0.1, 0.15) is 0 Å². The minimum absolute atomic E-state index is 0. The standard InChI is InChI=1S/C18H33N3O3.HI/c1-3-19-17(20-14-18(23)10-6-5-7-11-18)21-12-8-9-15(13-21)16(22)24-4-2;/h15,23H,3-14H2,1-2H3,(H,19,20);1H. The van der Waals surface area contributed by atoms with Crippen molar-refractivity contribution in [3.8, 4) is 0 Å². The second kappa shape index (κ2) is 11.2. The van der Waals surface area contributed by atoms with Gasteiger partial charge in [-0.25, -0.2) is 0 Å². The Kier molecular flexibility index (Phi) is 10.1. The lowest BCUT2D eigenvalue weighted by atomic mass is 9.85. The van der Waals surface area contributed by atoms with Gasteiger partial charge in [0.15, 0.2) is 5.96 Å². The lowest BCUT2D eigenvalue weighted by Crippen LogP contribution is -2.49. The number of likely N-dealkylation sites (tertiary alicyclic amines) is 1. The highest BCUT2D eigenvalue weighted by Gasteiger charge is 2.31. The molecule has 2 N–H and O–H groups in total. The van der Waals surface area contributed by atoms with Crippen LogP contribution in [0.1, 0.15) is 58.8 Å². The van der Waals surface area contributed by atoms with Crippen LogP contribution < -0.4 is 5.32 Å². The fraction of sp³-hybridized carbons (Fsp3) is 0.889. The van der Waals surface area contributed by atoms with E-state index in [-0.39, 0.29) is 35.9 Å². The maximum absolute atomic E-state index is 12.0. The van der Waals surface area contributed by atoms with Crippen molar-refractivity contribution in [3.63, 3.8) is 0 Å². The summed E-state index contributed by atoms with van der Waals surface area (Å²) in [4.78, 5) is 18.9. The van der Waals surface area contributed by atoms with E-state index in [1.807, 2.05) is 13.8 Å². The number of esters is 1. The Labute approximate surface area is 168 Å². The second-order valence-corrected chi connectivity index (χ2v) is 6.99. The first-order valence-corrected chi connectivity index (χ1v) is 9.50. The molecule has 1 aliphatic carbocycles. The smallest absolute Gasteiger partial charge is 0.310 e. The number of halogens is 1. The molecule has 0 amide bonds. The molecule has 1 saturated carbocycles. The predicted octanol–water partition coefficient (Wildman–Crippen LogP) is 2.54. The van der Waals surface area contributed by atoms with Gasteiger partial charge in [0.05, 0.1) is 24.7 Å². The zero-order chi connectivity index (χ0) is 17.4. The molecule has 0 aromatic carbocycles. The molecule has 0 bridgehead atoms. The van der Waals surface area contributed by atoms with Crippen LogP contribution in [0, 0.1) is 5.92 Å². The molecule has 1 heterocycles. The van der Waals surface area contributed by atoms with Crippen LogP contribution in [0.15, 0.2) is 4.99 Å². The zero-order valence-corrected chi connectivity index (χ0v) is 18.0. The summed E-state index contributed by atoms with van der Waals surface area (Å²) in [6.45, 7) is 7.06. The number of aliphatic imine (C=N–C) groups is 1. The van der Waals surface area contributed by atoms with Crippen molar-refractivity contribution in [2.75, 3.05) is 32.8 Å². The number of piperidine rings is 1. The van der Waals surface area contributed by atoms with Gasteiger partial charge in [0, 0.05) is 19.6 Å². The summed E-state index contributed by atoms with van der Waals surface area (Å²) < 4.78 is 5.17. The van der Waals surface area contributed by atoms with E-state index in [0.29, 0.717) is 19.7 Å². The summed E-state index contributed by atoms with van der Waals surface area (Å²) in [7, 11) is 0. The van der Waals surface area contributed by atoms with Gasteiger partial charge in [0.2, 0.25) is 0 Å². The molecule has 2 fully saturated rings. The van der Waals surface area contributed by atoms with Gasteiger partial charge in [-0.15, -0.1) is 24.0 Å². The van der Waals surface area contributed by atoms with E-state index in [2.05, 4.69) is 10.2 Å². The van der Waals surface area contributed by atoms with E-state index >= 15 is 0 Å². The van der Waals surface area contributed by atoms with Gasteiger partial charge in [-0.05, 0) is 39.5 Å². The monoisotopic (exact) mass is 467 g/mol. The molecule has 1 aliphatic heterocycles. The van der Waals surface area contributed by atoms with E-state index < -0.39 is 5.60 Å². The Morgan fingerprint density at radius 1 is 1.28 bits per heavy atom. The molecule has 2 rings (SSSR count). The van der Waals surface area contributed by atoms with Crippen molar-refractivity contribution in [2.45, 2.75) is 64.4 Å². The highest BCUT2D eigenvalue weighted by atomic mass is 127. The number of ether oxygens (including phenoxy) is 1. The van der Waals surface area contributed by atoms with E-state index in [1.54, 1.807) is 0 Å². The van der Waals surface area contributed by atoms with Crippen LogP contribution in [0.3, 0.4) is 0 Å². The molecule has 25 heavy (non-hydrogen) atoms. The third-order valence-corrected chi connectivity index (χ3v) is 4.98. The van der Waals surface area contributed by atoms with Gasteiger partial charge >= 0.3 is 5.97 Å². The van der Waals surface area contributed by atoms with Crippen molar-refractivity contribution in [2.24, 2.45) is 10.9 Å². The Balaban J connectivity index is 0.00000312. The normalized spacial score (nSPS) is 23.6. The van der Waals surface area contributed by atoms with E-state index in [9.17, 15) is 9.90 Å². The molecular formula is C18H34IN3O3. The minimum Gasteiger partial charge on any atom is -0.466 e. The molecule has 1 unspecified atom stereocenters. The third-order valence-electron chi connectivity index (χ3n) is 4.98. The maximum atomic E-state index is 12.0. The number of hydrogen-bond acceptors (Lipinski definition) is 4. The third kappa shape index (κ3) is 6.92. The molecule has 6 nitrogen and oxygen atoms in total. The molecule has 1 saturated heterocycles. The summed E-state index contributed by atoms with van der Waals surface area (Å²) in [5, 5.41) is 14.0. The Hall–Kier alpha value is -0.570. The Morgan fingerprint density at radius 3 is 2.64 bits per heavy atom. The van der Waals surface area contributed by atoms with E-state index in [0.717, 1.165) is 57.6 Å². The summed E-state index contributed by atoms with van der Waals surface area (Å²) in [6, 6.07) is 0. The summed E-state index contributed by atoms with van der Waals surface area (Å²) in [5.41, 5.74) is -0.657. The van der Waals surface area contributed by atoms with Crippen molar-refractivity contribution >= 4 is 35.9 Å². The van der Waals surface area contributed by atoms with Crippen molar-refractivity contribution in [1.29, 1.82) is 0 Å². The van der Waals surface area contributed by atoms with Crippen molar-refractivity contribution < 1.29 is 14.6 Å². The van der Waals surface area contributed by atoms with Crippen LogP contribution in [0.5, 0.6) is 0 Å². The van der Waals surface area contributed by atoms with Gasteiger partial charge in [-0.1, -0.05) is 19.3 Å². The van der Waals surface area contributed by atoms with Crippen LogP contribution in [0.25, 0.3) is 0 Å². The molecule has 0 aromatic rings. The Morgan fingerprint density at radius 2 is 2.00 bits per heavy atom.